The van der Waals surface area contributed by atoms with Crippen LogP contribution in [0.4, 0.5) is 0 Å². The molecule has 0 heterocycles. The Morgan fingerprint density at radius 2 is 1.28 bits per heavy atom. The molecule has 0 aromatic heterocycles. The number of aliphatic hydroxyl groups excluding tert-OH is 2. The molecule has 9 aliphatic carbocycles. The summed E-state index contributed by atoms with van der Waals surface area (Å²) in [5.41, 5.74) is 3.38. The van der Waals surface area contributed by atoms with Gasteiger partial charge < -0.3 is 20.4 Å². The lowest BCUT2D eigenvalue weighted by molar-refractivity contribution is -0.149. The van der Waals surface area contributed by atoms with Crippen molar-refractivity contribution in [3.8, 4) is 0 Å². The smallest absolute Gasteiger partial charge is 0.0752 e. The molecule has 0 radical (unpaired) electrons. The van der Waals surface area contributed by atoms with Crippen molar-refractivity contribution in [2.75, 3.05) is 0 Å². The van der Waals surface area contributed by atoms with Crippen LogP contribution in [0.2, 0.25) is 0 Å². The summed E-state index contributed by atoms with van der Waals surface area (Å²) >= 11 is 0. The molecule has 0 spiro atoms. The quantitative estimate of drug-likeness (QED) is 0.186. The van der Waals surface area contributed by atoms with Crippen molar-refractivity contribution >= 4 is 6.08 Å². The van der Waals surface area contributed by atoms with E-state index in [1.54, 1.807) is 5.57 Å². The average Bonchev–Trinajstić information content (AvgIpc) is 4.03. The minimum atomic E-state index is -0.454. The normalized spacial score (nSPS) is 47.7. The minimum Gasteiger partial charge on any atom is -0.393 e. The van der Waals surface area contributed by atoms with Crippen LogP contribution >= 0.6 is 0 Å². The molecular weight excluding hydrogens is 797 g/mol. The number of hydrogen-bond acceptors (Lipinski definition) is 4. The van der Waals surface area contributed by atoms with Crippen molar-refractivity contribution in [3.63, 3.8) is 0 Å². The maximum absolute atomic E-state index is 11.2. The highest BCUT2D eigenvalue weighted by atomic mass is 16.3. The molecule has 1 aromatic rings. The fourth-order valence-corrected chi connectivity index (χ4v) is 19.5. The van der Waals surface area contributed by atoms with Gasteiger partial charge in [0.15, 0.2) is 0 Å². The van der Waals surface area contributed by atoms with Crippen LogP contribution < -0.4 is 0 Å². The molecule has 0 aliphatic heterocycles. The van der Waals surface area contributed by atoms with Gasteiger partial charge in [0.05, 0.1) is 23.4 Å². The Kier molecular flexibility index (Phi) is 13.7. The third-order valence-corrected chi connectivity index (χ3v) is 23.8. The van der Waals surface area contributed by atoms with E-state index in [0.29, 0.717) is 51.2 Å². The number of hydrogen-bond donors (Lipinski definition) is 4. The monoisotopic (exact) mass is 893 g/mol. The Balaban J connectivity index is 0.000000164. The first-order chi connectivity index (χ1) is 30.8. The topological polar surface area (TPSA) is 80.9 Å². The van der Waals surface area contributed by atoms with E-state index in [-0.39, 0.29) is 12.2 Å². The van der Waals surface area contributed by atoms with Gasteiger partial charge in [-0.2, -0.15) is 0 Å². The van der Waals surface area contributed by atoms with Crippen LogP contribution in [0.15, 0.2) is 48.1 Å². The molecule has 8 saturated carbocycles. The van der Waals surface area contributed by atoms with Crippen molar-refractivity contribution in [2.24, 2.45) is 92.7 Å². The van der Waals surface area contributed by atoms with Crippen LogP contribution in [-0.4, -0.2) is 43.8 Å². The van der Waals surface area contributed by atoms with E-state index in [0.717, 1.165) is 85.5 Å². The third-order valence-electron chi connectivity index (χ3n) is 23.8. The van der Waals surface area contributed by atoms with Crippen LogP contribution in [0.5, 0.6) is 0 Å². The fraction of sp³-hybridized carbons (Fsp3) is 0.836. The maximum Gasteiger partial charge on any atom is 0.0752 e. The van der Waals surface area contributed by atoms with Gasteiger partial charge in [-0.25, -0.2) is 0 Å². The molecule has 4 N–H and O–H groups in total. The van der Waals surface area contributed by atoms with E-state index in [4.69, 9.17) is 0 Å². The lowest BCUT2D eigenvalue weighted by Gasteiger charge is -2.62. The third kappa shape index (κ3) is 8.78. The Morgan fingerprint density at radius 3 is 1.95 bits per heavy atom. The fourth-order valence-electron chi connectivity index (χ4n) is 19.5. The Bertz CT molecular complexity index is 1850. The molecule has 8 fully saturated rings. The van der Waals surface area contributed by atoms with E-state index in [1.165, 1.54) is 109 Å². The molecule has 10 rings (SSSR count). The van der Waals surface area contributed by atoms with Crippen LogP contribution in [-0.2, 0) is 0 Å². The second kappa shape index (κ2) is 18.4. The molecule has 0 saturated heterocycles. The minimum absolute atomic E-state index is 0.100. The Labute approximate surface area is 397 Å². The van der Waals surface area contributed by atoms with Gasteiger partial charge in [0.1, 0.15) is 0 Å². The average molecular weight is 893 g/mol. The summed E-state index contributed by atoms with van der Waals surface area (Å²) in [4.78, 5) is 0. The zero-order chi connectivity index (χ0) is 46.2. The highest BCUT2D eigenvalue weighted by molar-refractivity contribution is 5.49. The summed E-state index contributed by atoms with van der Waals surface area (Å²) in [6, 6.07) is 10.3. The molecule has 0 bridgehead atoms. The van der Waals surface area contributed by atoms with Gasteiger partial charge in [0.25, 0.3) is 0 Å². The summed E-state index contributed by atoms with van der Waals surface area (Å²) in [5, 5.41) is 44.1. The molecule has 4 heteroatoms. The molecule has 19 atom stereocenters. The van der Waals surface area contributed by atoms with Gasteiger partial charge in [0, 0.05) is 0 Å². The molecular formula is C61H96O4. The van der Waals surface area contributed by atoms with Gasteiger partial charge in [-0.05, 0) is 227 Å². The standard InChI is InChI=1S/C31H46O2.C30H50O2/c1-21(28(32)15-10-22-8-6-5-7-9-22)25-13-14-26-24-12-11-23-20-29(2,33)18-19-30(23,3)27(24)16-17-31(25,26)4;1-5-30(32)17-16-28(3)22(19-30)10-11-23-25-13-12-24(29(25,4)15-14-26(23)28)20(2)27(31)18-21-8-6-7-9-21/h5-10,15,21,23-28,32-33H,11-14,16-20H2,1-4H3;10,20-21,23-27,31-32H,5-9,11-19H2,1-4H3/b15-10+;/t21-,23-,24-,25+,26-,27-,28-,29-,30-,31+;20-,23-,24+,25-,26-,27-,28-,29+,30-/m00/s1. The molecule has 0 unspecified atom stereocenters. The first-order valence-corrected chi connectivity index (χ1v) is 28.1. The van der Waals surface area contributed by atoms with Crippen LogP contribution in [0.3, 0.4) is 0 Å². The zero-order valence-electron chi connectivity index (χ0n) is 42.8. The first-order valence-electron chi connectivity index (χ1n) is 28.1. The van der Waals surface area contributed by atoms with Crippen LogP contribution in [0.25, 0.3) is 6.08 Å². The van der Waals surface area contributed by atoms with E-state index in [2.05, 4.69) is 91.8 Å². The van der Waals surface area contributed by atoms with Gasteiger partial charge in [0.2, 0.25) is 0 Å². The summed E-state index contributed by atoms with van der Waals surface area (Å²) < 4.78 is 0. The number of aliphatic hydroxyl groups is 4. The van der Waals surface area contributed by atoms with Crippen molar-refractivity contribution in [1.82, 2.24) is 0 Å². The molecule has 65 heavy (non-hydrogen) atoms. The Hall–Kier alpha value is -1.46. The highest BCUT2D eigenvalue weighted by Crippen LogP contribution is 2.70. The Morgan fingerprint density at radius 1 is 0.646 bits per heavy atom. The van der Waals surface area contributed by atoms with Crippen molar-refractivity contribution in [2.45, 2.75) is 226 Å². The molecule has 364 valence electrons. The van der Waals surface area contributed by atoms with E-state index < -0.39 is 11.2 Å². The summed E-state index contributed by atoms with van der Waals surface area (Å²) in [7, 11) is 0. The van der Waals surface area contributed by atoms with Gasteiger partial charge in [-0.1, -0.05) is 128 Å². The predicted molar refractivity (Wildman–Crippen MR) is 269 cm³/mol. The summed E-state index contributed by atoms with van der Waals surface area (Å²) in [6.07, 6.45) is 34.5. The molecule has 9 aliphatic rings. The molecule has 0 amide bonds. The van der Waals surface area contributed by atoms with Crippen LogP contribution in [0, 0.1) is 92.7 Å². The lowest BCUT2D eigenvalue weighted by atomic mass is 9.43. The van der Waals surface area contributed by atoms with E-state index >= 15 is 0 Å². The number of rotatable bonds is 9. The van der Waals surface area contributed by atoms with Gasteiger partial charge in [-0.3, -0.25) is 0 Å². The van der Waals surface area contributed by atoms with Crippen molar-refractivity contribution < 1.29 is 20.4 Å². The molecule has 1 aromatic carbocycles. The largest absolute Gasteiger partial charge is 0.393 e. The van der Waals surface area contributed by atoms with Crippen LogP contribution in [0.1, 0.15) is 209 Å². The predicted octanol–water partition coefficient (Wildman–Crippen LogP) is 14.4. The summed E-state index contributed by atoms with van der Waals surface area (Å²) in [5.74, 6) is 8.48. The second-order valence-corrected chi connectivity index (χ2v) is 26.8. The van der Waals surface area contributed by atoms with Crippen molar-refractivity contribution in [1.29, 1.82) is 0 Å². The lowest BCUT2D eigenvalue weighted by Crippen LogP contribution is -2.55. The number of benzene rings is 1. The van der Waals surface area contributed by atoms with E-state index in [9.17, 15) is 20.4 Å². The maximum atomic E-state index is 11.2. The number of fused-ring (bicyclic) bond motifs is 10. The van der Waals surface area contributed by atoms with Gasteiger partial charge >= 0.3 is 0 Å². The van der Waals surface area contributed by atoms with Crippen molar-refractivity contribution in [3.05, 3.63) is 53.6 Å². The zero-order valence-corrected chi connectivity index (χ0v) is 42.8. The number of allylic oxidation sites excluding steroid dienone is 1. The first kappa shape index (κ1) is 48.6. The molecule has 4 nitrogen and oxygen atoms in total. The van der Waals surface area contributed by atoms with E-state index in [1.807, 2.05) is 12.1 Å². The highest BCUT2D eigenvalue weighted by Gasteiger charge is 2.63. The van der Waals surface area contributed by atoms with Gasteiger partial charge in [-0.15, -0.1) is 0 Å². The second-order valence-electron chi connectivity index (χ2n) is 26.8. The summed E-state index contributed by atoms with van der Waals surface area (Å²) in [6.45, 7) is 19.2. The SMILES string of the molecule is CC[C@]1(O)CC[C@@]2(C)C(=CC[C@H]3[C@@H]4CC[C@H]([C@H](C)[C@@H](O)CC5CCCC5)[C@@]4(C)CC[C@@H]32)C1.C[C@@H]([C@H]1CC[C@H]2[C@@H]3CC[C@H]4C[C@@](C)(O)CC[C@]4(C)[C@H]3CC[C@]12C)[C@@H](O)/C=C/c1ccccc1.